The van der Waals surface area contributed by atoms with E-state index >= 15 is 0 Å². The van der Waals surface area contributed by atoms with Crippen molar-refractivity contribution in [1.29, 1.82) is 0 Å². The predicted molar refractivity (Wildman–Crippen MR) is 65.8 cm³/mol. The van der Waals surface area contributed by atoms with Crippen LogP contribution in [-0.4, -0.2) is 16.9 Å². The van der Waals surface area contributed by atoms with Crippen LogP contribution in [0.15, 0.2) is 35.3 Å². The highest BCUT2D eigenvalue weighted by molar-refractivity contribution is 5.41. The lowest BCUT2D eigenvalue weighted by molar-refractivity contribution is -0.137. The van der Waals surface area contributed by atoms with Gasteiger partial charge in [0.25, 0.3) is 5.43 Å². The van der Waals surface area contributed by atoms with E-state index in [1.807, 2.05) is 0 Å². The summed E-state index contributed by atoms with van der Waals surface area (Å²) in [5.74, 6) is -0.461. The van der Waals surface area contributed by atoms with Crippen molar-refractivity contribution in [2.45, 2.75) is 6.18 Å². The van der Waals surface area contributed by atoms with Crippen LogP contribution in [0.4, 0.5) is 19.0 Å². The van der Waals surface area contributed by atoms with E-state index < -0.39 is 17.2 Å². The minimum Gasteiger partial charge on any atom is -0.491 e. The number of hydrogen-bond donors (Lipinski definition) is 1. The Morgan fingerprint density at radius 2 is 2.05 bits per heavy atom. The molecule has 20 heavy (non-hydrogen) atoms. The largest absolute Gasteiger partial charge is 0.491 e. The average Bonchev–Trinajstić information content (AvgIpc) is 2.41. The maximum Gasteiger partial charge on any atom is 0.416 e. The molecule has 2 rings (SSSR count). The SMILES string of the molecule is COc1cn(-c2cccc(C(F)(F)F)c2)nc(N)c1=O. The summed E-state index contributed by atoms with van der Waals surface area (Å²) in [6.45, 7) is 0. The summed E-state index contributed by atoms with van der Waals surface area (Å²) < 4.78 is 43.8. The normalized spacial score (nSPS) is 11.4. The van der Waals surface area contributed by atoms with Crippen LogP contribution in [0, 0.1) is 0 Å². The van der Waals surface area contributed by atoms with Crippen molar-refractivity contribution < 1.29 is 17.9 Å². The van der Waals surface area contributed by atoms with E-state index in [0.29, 0.717) is 0 Å². The molecule has 0 radical (unpaired) electrons. The Labute approximate surface area is 111 Å². The molecule has 0 aliphatic heterocycles. The summed E-state index contributed by atoms with van der Waals surface area (Å²) in [7, 11) is 1.26. The zero-order chi connectivity index (χ0) is 14.9. The van der Waals surface area contributed by atoms with E-state index in [2.05, 4.69) is 5.10 Å². The Kier molecular flexibility index (Phi) is 3.39. The van der Waals surface area contributed by atoms with E-state index in [1.165, 1.54) is 25.4 Å². The number of nitrogens with two attached hydrogens (primary N) is 1. The molecule has 1 heterocycles. The fourth-order valence-electron chi connectivity index (χ4n) is 1.59. The van der Waals surface area contributed by atoms with Crippen molar-refractivity contribution in [3.63, 3.8) is 0 Å². The number of ether oxygens (including phenoxy) is 1. The zero-order valence-corrected chi connectivity index (χ0v) is 10.3. The number of aromatic nitrogens is 2. The molecule has 0 saturated carbocycles. The number of methoxy groups -OCH3 is 1. The molecule has 5 nitrogen and oxygen atoms in total. The standard InChI is InChI=1S/C12H10F3N3O2/c1-20-9-6-18(17-11(16)10(9)19)8-4-2-3-7(5-8)12(13,14)15/h2-6H,1H3,(H2,16,17). The molecule has 0 aliphatic carbocycles. The molecule has 0 atom stereocenters. The van der Waals surface area contributed by atoms with Crippen LogP contribution in [0.25, 0.3) is 5.69 Å². The third-order valence-corrected chi connectivity index (χ3v) is 2.57. The van der Waals surface area contributed by atoms with Crippen LogP contribution in [0.5, 0.6) is 5.75 Å². The van der Waals surface area contributed by atoms with E-state index in [4.69, 9.17) is 10.5 Å². The second kappa shape index (κ2) is 4.87. The maximum atomic E-state index is 12.6. The first-order chi connectivity index (χ1) is 9.32. The second-order valence-electron chi connectivity index (χ2n) is 3.90. The Morgan fingerprint density at radius 3 is 2.65 bits per heavy atom. The molecule has 0 spiro atoms. The van der Waals surface area contributed by atoms with E-state index in [-0.39, 0.29) is 17.3 Å². The van der Waals surface area contributed by atoms with E-state index in [1.54, 1.807) is 0 Å². The first-order valence-corrected chi connectivity index (χ1v) is 5.44. The quantitative estimate of drug-likeness (QED) is 0.914. The van der Waals surface area contributed by atoms with Gasteiger partial charge in [0.1, 0.15) is 0 Å². The number of benzene rings is 1. The van der Waals surface area contributed by atoms with E-state index in [0.717, 1.165) is 16.8 Å². The number of rotatable bonds is 2. The highest BCUT2D eigenvalue weighted by Gasteiger charge is 2.30. The first-order valence-electron chi connectivity index (χ1n) is 5.44. The van der Waals surface area contributed by atoms with Crippen molar-refractivity contribution in [3.05, 3.63) is 46.2 Å². The van der Waals surface area contributed by atoms with Crippen molar-refractivity contribution in [1.82, 2.24) is 9.78 Å². The molecule has 2 aromatic rings. The first kappa shape index (κ1) is 13.9. The summed E-state index contributed by atoms with van der Waals surface area (Å²) in [5.41, 5.74) is 4.09. The van der Waals surface area contributed by atoms with Gasteiger partial charge < -0.3 is 10.5 Å². The Balaban J connectivity index is 2.58. The third kappa shape index (κ3) is 2.58. The maximum absolute atomic E-state index is 12.6. The van der Waals surface area contributed by atoms with Gasteiger partial charge in [0.2, 0.25) is 0 Å². The predicted octanol–water partition coefficient (Wildman–Crippen LogP) is 1.84. The van der Waals surface area contributed by atoms with Crippen LogP contribution in [0.3, 0.4) is 0 Å². The molecule has 0 amide bonds. The minimum atomic E-state index is -4.47. The molecule has 0 unspecified atom stereocenters. The van der Waals surface area contributed by atoms with Gasteiger partial charge in [0, 0.05) is 0 Å². The summed E-state index contributed by atoms with van der Waals surface area (Å²) in [6.07, 6.45) is -3.29. The van der Waals surface area contributed by atoms with Crippen LogP contribution in [0.1, 0.15) is 5.56 Å². The zero-order valence-electron chi connectivity index (χ0n) is 10.3. The van der Waals surface area contributed by atoms with Gasteiger partial charge in [-0.3, -0.25) is 4.79 Å². The van der Waals surface area contributed by atoms with Crippen molar-refractivity contribution in [3.8, 4) is 11.4 Å². The molecule has 0 fully saturated rings. The summed E-state index contributed by atoms with van der Waals surface area (Å²) in [5, 5.41) is 3.71. The van der Waals surface area contributed by atoms with Crippen LogP contribution in [-0.2, 0) is 6.18 Å². The van der Waals surface area contributed by atoms with Crippen molar-refractivity contribution in [2.75, 3.05) is 12.8 Å². The molecule has 0 aliphatic rings. The summed E-state index contributed by atoms with van der Waals surface area (Å²) in [6, 6.07) is 4.48. The van der Waals surface area contributed by atoms with Gasteiger partial charge >= 0.3 is 6.18 Å². The molecular weight excluding hydrogens is 275 g/mol. The number of nitrogens with zero attached hydrogens (tertiary/aromatic N) is 2. The van der Waals surface area contributed by atoms with Gasteiger partial charge in [-0.25, -0.2) is 4.68 Å². The fourth-order valence-corrected chi connectivity index (χ4v) is 1.59. The fraction of sp³-hybridized carbons (Fsp3) is 0.167. The van der Waals surface area contributed by atoms with Crippen LogP contribution >= 0.6 is 0 Å². The van der Waals surface area contributed by atoms with Crippen molar-refractivity contribution >= 4 is 5.82 Å². The molecule has 106 valence electrons. The van der Waals surface area contributed by atoms with Crippen LogP contribution in [0.2, 0.25) is 0 Å². The lowest BCUT2D eigenvalue weighted by Crippen LogP contribution is -2.18. The highest BCUT2D eigenvalue weighted by Crippen LogP contribution is 2.30. The monoisotopic (exact) mass is 285 g/mol. The molecule has 0 saturated heterocycles. The molecule has 8 heteroatoms. The van der Waals surface area contributed by atoms with Gasteiger partial charge in [-0.15, -0.1) is 5.10 Å². The molecule has 2 N–H and O–H groups in total. The molecule has 1 aromatic heterocycles. The van der Waals surface area contributed by atoms with Gasteiger partial charge in [-0.2, -0.15) is 13.2 Å². The summed E-state index contributed by atoms with van der Waals surface area (Å²) >= 11 is 0. The summed E-state index contributed by atoms with van der Waals surface area (Å²) in [4.78, 5) is 11.5. The Bertz CT molecular complexity index is 695. The topological polar surface area (TPSA) is 70.1 Å². The lowest BCUT2D eigenvalue weighted by atomic mass is 10.2. The minimum absolute atomic E-state index is 0.102. The van der Waals surface area contributed by atoms with Gasteiger partial charge in [-0.1, -0.05) is 6.07 Å². The lowest BCUT2D eigenvalue weighted by Gasteiger charge is -2.11. The molecule has 0 bridgehead atoms. The number of alkyl halides is 3. The van der Waals surface area contributed by atoms with Gasteiger partial charge in [-0.05, 0) is 18.2 Å². The Hall–Kier alpha value is -2.51. The third-order valence-electron chi connectivity index (χ3n) is 2.57. The highest BCUT2D eigenvalue weighted by atomic mass is 19.4. The smallest absolute Gasteiger partial charge is 0.416 e. The number of halogens is 3. The van der Waals surface area contributed by atoms with E-state index in [9.17, 15) is 18.0 Å². The number of hydrogen-bond acceptors (Lipinski definition) is 4. The average molecular weight is 285 g/mol. The van der Waals surface area contributed by atoms with Crippen molar-refractivity contribution in [2.24, 2.45) is 0 Å². The van der Waals surface area contributed by atoms with Gasteiger partial charge in [0.15, 0.2) is 11.6 Å². The second-order valence-corrected chi connectivity index (χ2v) is 3.90. The van der Waals surface area contributed by atoms with Crippen LogP contribution < -0.4 is 15.9 Å². The Morgan fingerprint density at radius 1 is 1.35 bits per heavy atom. The molecular formula is C12H10F3N3O2. The number of nitrogen functional groups attached to an aromatic ring is 1. The number of anilines is 1. The van der Waals surface area contributed by atoms with Gasteiger partial charge in [0.05, 0.1) is 24.6 Å². The molecule has 1 aromatic carbocycles.